The molecule has 2 aliphatic rings. The fourth-order valence-electron chi connectivity index (χ4n) is 4.05. The van der Waals surface area contributed by atoms with Crippen molar-refractivity contribution in [3.05, 3.63) is 0 Å². The highest BCUT2D eigenvalue weighted by Gasteiger charge is 2.44. The summed E-state index contributed by atoms with van der Waals surface area (Å²) in [5.41, 5.74) is 0.534. The molecule has 112 valence electrons. The van der Waals surface area contributed by atoms with E-state index in [1.807, 2.05) is 0 Å². The van der Waals surface area contributed by atoms with Crippen molar-refractivity contribution in [3.8, 4) is 0 Å². The van der Waals surface area contributed by atoms with E-state index >= 15 is 0 Å². The molecule has 2 saturated carbocycles. The van der Waals surface area contributed by atoms with Crippen molar-refractivity contribution < 1.29 is 0 Å². The van der Waals surface area contributed by atoms with Gasteiger partial charge in [0, 0.05) is 0 Å². The quantitative estimate of drug-likeness (QED) is 0.758. The number of hydrogen-bond donors (Lipinski definition) is 1. The molecular weight excluding hydrogens is 230 g/mol. The number of nitrogens with one attached hydrogen (secondary N) is 1. The van der Waals surface area contributed by atoms with Crippen LogP contribution in [0.15, 0.2) is 0 Å². The van der Waals surface area contributed by atoms with Crippen LogP contribution in [0.25, 0.3) is 0 Å². The summed E-state index contributed by atoms with van der Waals surface area (Å²) >= 11 is 0. The molecule has 2 rings (SSSR count). The van der Waals surface area contributed by atoms with Gasteiger partial charge in [-0.1, -0.05) is 34.6 Å². The Morgan fingerprint density at radius 1 is 1.05 bits per heavy atom. The van der Waals surface area contributed by atoms with Crippen molar-refractivity contribution in [1.29, 1.82) is 0 Å². The van der Waals surface area contributed by atoms with Crippen molar-refractivity contribution in [2.45, 2.75) is 66.7 Å². The van der Waals surface area contributed by atoms with Crippen molar-refractivity contribution in [2.24, 2.45) is 35.0 Å². The van der Waals surface area contributed by atoms with Crippen molar-refractivity contribution in [1.82, 2.24) is 5.32 Å². The normalized spacial score (nSPS) is 35.7. The monoisotopic (exact) mass is 265 g/mol. The lowest BCUT2D eigenvalue weighted by atomic mass is 9.69. The topological polar surface area (TPSA) is 12.0 Å². The summed E-state index contributed by atoms with van der Waals surface area (Å²) in [6, 6.07) is 0. The molecule has 0 aromatic rings. The molecular formula is C18H35N. The van der Waals surface area contributed by atoms with E-state index in [0.717, 1.165) is 29.6 Å². The van der Waals surface area contributed by atoms with Gasteiger partial charge in [0.1, 0.15) is 0 Å². The van der Waals surface area contributed by atoms with Crippen LogP contribution in [-0.4, -0.2) is 13.1 Å². The molecule has 19 heavy (non-hydrogen) atoms. The van der Waals surface area contributed by atoms with Crippen LogP contribution in [0.1, 0.15) is 66.7 Å². The summed E-state index contributed by atoms with van der Waals surface area (Å²) in [5, 5.41) is 3.65. The predicted octanol–water partition coefficient (Wildman–Crippen LogP) is 4.72. The molecule has 2 fully saturated rings. The van der Waals surface area contributed by atoms with E-state index < -0.39 is 0 Å². The maximum atomic E-state index is 3.65. The Kier molecular flexibility index (Phi) is 4.98. The second-order valence-corrected chi connectivity index (χ2v) is 8.69. The first kappa shape index (κ1) is 15.4. The van der Waals surface area contributed by atoms with Gasteiger partial charge in [-0.05, 0) is 80.2 Å². The zero-order chi connectivity index (χ0) is 14.0. The molecule has 0 amide bonds. The zero-order valence-electron chi connectivity index (χ0n) is 13.8. The minimum absolute atomic E-state index is 0.534. The molecule has 2 unspecified atom stereocenters. The first-order valence-electron chi connectivity index (χ1n) is 8.58. The van der Waals surface area contributed by atoms with E-state index in [9.17, 15) is 0 Å². The SMILES string of the molecule is CC(C)CNCC1CC1C1CCC(C(C)(C)C)CC1. The maximum absolute atomic E-state index is 3.65. The summed E-state index contributed by atoms with van der Waals surface area (Å²) in [4.78, 5) is 0. The minimum Gasteiger partial charge on any atom is -0.316 e. The molecule has 1 heteroatoms. The van der Waals surface area contributed by atoms with Gasteiger partial charge in [0.25, 0.3) is 0 Å². The van der Waals surface area contributed by atoms with Crippen LogP contribution in [0.5, 0.6) is 0 Å². The Morgan fingerprint density at radius 3 is 2.21 bits per heavy atom. The minimum atomic E-state index is 0.534. The largest absolute Gasteiger partial charge is 0.316 e. The number of rotatable bonds is 5. The van der Waals surface area contributed by atoms with Crippen LogP contribution in [-0.2, 0) is 0 Å². The molecule has 0 saturated heterocycles. The van der Waals surface area contributed by atoms with Crippen LogP contribution in [0.4, 0.5) is 0 Å². The highest BCUT2D eigenvalue weighted by atomic mass is 14.9. The first-order chi connectivity index (χ1) is 8.88. The first-order valence-corrected chi connectivity index (χ1v) is 8.58. The van der Waals surface area contributed by atoms with Gasteiger partial charge < -0.3 is 5.32 Å². The molecule has 0 spiro atoms. The van der Waals surface area contributed by atoms with Crippen LogP contribution >= 0.6 is 0 Å². The Labute approximate surface area is 120 Å². The fourth-order valence-corrected chi connectivity index (χ4v) is 4.05. The Morgan fingerprint density at radius 2 is 1.68 bits per heavy atom. The lowest BCUT2D eigenvalue weighted by molar-refractivity contribution is 0.139. The summed E-state index contributed by atoms with van der Waals surface area (Å²) in [7, 11) is 0. The van der Waals surface area contributed by atoms with E-state index in [4.69, 9.17) is 0 Å². The van der Waals surface area contributed by atoms with E-state index in [1.165, 1.54) is 45.2 Å². The van der Waals surface area contributed by atoms with E-state index in [0.29, 0.717) is 5.41 Å². The average Bonchev–Trinajstić information content (AvgIpc) is 3.07. The maximum Gasteiger partial charge on any atom is -0.00175 e. The molecule has 0 radical (unpaired) electrons. The smallest absolute Gasteiger partial charge is 0.00175 e. The molecule has 2 aliphatic carbocycles. The molecule has 0 bridgehead atoms. The van der Waals surface area contributed by atoms with Gasteiger partial charge in [-0.25, -0.2) is 0 Å². The molecule has 0 aromatic heterocycles. The van der Waals surface area contributed by atoms with Crippen LogP contribution in [0.3, 0.4) is 0 Å². The van der Waals surface area contributed by atoms with Crippen LogP contribution in [0.2, 0.25) is 0 Å². The van der Waals surface area contributed by atoms with Gasteiger partial charge in [0.2, 0.25) is 0 Å². The Hall–Kier alpha value is -0.0400. The molecule has 0 aliphatic heterocycles. The van der Waals surface area contributed by atoms with E-state index in [-0.39, 0.29) is 0 Å². The fraction of sp³-hybridized carbons (Fsp3) is 1.00. The van der Waals surface area contributed by atoms with Crippen LogP contribution < -0.4 is 5.32 Å². The second-order valence-electron chi connectivity index (χ2n) is 8.69. The highest BCUT2D eigenvalue weighted by Crippen LogP contribution is 2.51. The second kappa shape index (κ2) is 6.16. The van der Waals surface area contributed by atoms with Crippen molar-refractivity contribution in [2.75, 3.05) is 13.1 Å². The van der Waals surface area contributed by atoms with Gasteiger partial charge in [-0.15, -0.1) is 0 Å². The van der Waals surface area contributed by atoms with Crippen molar-refractivity contribution >= 4 is 0 Å². The number of hydrogen-bond acceptors (Lipinski definition) is 1. The summed E-state index contributed by atoms with van der Waals surface area (Å²) in [5.74, 6) is 4.90. The molecule has 0 heterocycles. The van der Waals surface area contributed by atoms with Crippen molar-refractivity contribution in [3.63, 3.8) is 0 Å². The van der Waals surface area contributed by atoms with Crippen LogP contribution in [0, 0.1) is 35.0 Å². The average molecular weight is 265 g/mol. The molecule has 2 atom stereocenters. The van der Waals surface area contributed by atoms with Gasteiger partial charge in [0.15, 0.2) is 0 Å². The highest BCUT2D eigenvalue weighted by molar-refractivity contribution is 4.95. The lowest BCUT2D eigenvalue weighted by Crippen LogP contribution is -2.27. The third-order valence-electron chi connectivity index (χ3n) is 5.54. The third kappa shape index (κ3) is 4.48. The predicted molar refractivity (Wildman–Crippen MR) is 84.2 cm³/mol. The van der Waals surface area contributed by atoms with Gasteiger partial charge in [-0.2, -0.15) is 0 Å². The molecule has 1 N–H and O–H groups in total. The Bertz CT molecular complexity index is 268. The van der Waals surface area contributed by atoms with Gasteiger partial charge in [-0.3, -0.25) is 0 Å². The molecule has 1 nitrogen and oxygen atoms in total. The molecule has 0 aromatic carbocycles. The van der Waals surface area contributed by atoms with E-state index in [2.05, 4.69) is 39.9 Å². The zero-order valence-corrected chi connectivity index (χ0v) is 13.8. The van der Waals surface area contributed by atoms with Gasteiger partial charge in [0.05, 0.1) is 0 Å². The van der Waals surface area contributed by atoms with E-state index in [1.54, 1.807) is 0 Å². The van der Waals surface area contributed by atoms with Gasteiger partial charge >= 0.3 is 0 Å². The summed E-state index contributed by atoms with van der Waals surface area (Å²) in [6.07, 6.45) is 7.49. The lowest BCUT2D eigenvalue weighted by Gasteiger charge is -2.37. The summed E-state index contributed by atoms with van der Waals surface area (Å²) in [6.45, 7) is 14.3. The standard InChI is InChI=1S/C18H35N/c1-13(2)11-19-12-15-10-17(15)14-6-8-16(9-7-14)18(3,4)5/h13-17,19H,6-12H2,1-5H3. The summed E-state index contributed by atoms with van der Waals surface area (Å²) < 4.78 is 0. The Balaban J connectivity index is 1.64. The third-order valence-corrected chi connectivity index (χ3v) is 5.54.